The second kappa shape index (κ2) is 6.27. The molecule has 0 aliphatic carbocycles. The van der Waals surface area contributed by atoms with Crippen molar-refractivity contribution in [2.24, 2.45) is 0 Å². The van der Waals surface area contributed by atoms with E-state index in [9.17, 15) is 14.8 Å². The van der Waals surface area contributed by atoms with Crippen LogP contribution in [0.2, 0.25) is 0 Å². The van der Waals surface area contributed by atoms with Gasteiger partial charge in [0, 0.05) is 19.1 Å². The predicted molar refractivity (Wildman–Crippen MR) is 81.3 cm³/mol. The number of hydrogen-bond donors (Lipinski definition) is 1. The molecule has 1 aliphatic rings. The fraction of sp³-hybridized carbons (Fsp3) is 0.278. The summed E-state index contributed by atoms with van der Waals surface area (Å²) in [4.78, 5) is 2.15. The van der Waals surface area contributed by atoms with Crippen LogP contribution in [0.25, 0.3) is 0 Å². The average molecular weight is 296 g/mol. The van der Waals surface area contributed by atoms with Gasteiger partial charge in [-0.1, -0.05) is 30.3 Å². The van der Waals surface area contributed by atoms with E-state index in [2.05, 4.69) is 11.0 Å². The molecule has 3 rings (SSSR count). The van der Waals surface area contributed by atoms with Crippen molar-refractivity contribution in [3.63, 3.8) is 0 Å². The molecule has 1 aliphatic heterocycles. The molecule has 2 unspecified atom stereocenters. The maximum absolute atomic E-state index is 13.1. The van der Waals surface area contributed by atoms with Gasteiger partial charge in [-0.15, -0.1) is 0 Å². The van der Waals surface area contributed by atoms with E-state index >= 15 is 0 Å². The normalized spacial score (nSPS) is 21.7. The van der Waals surface area contributed by atoms with Gasteiger partial charge >= 0.3 is 0 Å². The Kier molecular flexibility index (Phi) is 4.19. The van der Waals surface area contributed by atoms with Gasteiger partial charge in [0.1, 0.15) is 5.82 Å². The van der Waals surface area contributed by atoms with Crippen LogP contribution in [0.5, 0.6) is 0 Å². The number of nitriles is 1. The third-order valence-electron chi connectivity index (χ3n) is 4.15. The quantitative estimate of drug-likeness (QED) is 0.947. The van der Waals surface area contributed by atoms with Crippen molar-refractivity contribution in [2.75, 3.05) is 6.54 Å². The molecule has 4 heteroatoms. The van der Waals surface area contributed by atoms with Crippen molar-refractivity contribution < 1.29 is 9.50 Å². The molecule has 0 saturated carbocycles. The van der Waals surface area contributed by atoms with Crippen molar-refractivity contribution in [2.45, 2.75) is 25.1 Å². The number of aliphatic hydroxyl groups excluding tert-OH is 1. The molecule has 2 aromatic rings. The second-order valence-electron chi connectivity index (χ2n) is 5.66. The standard InChI is InChI=1S/C18H17FN2O/c19-16-7-5-13(6-8-16)18-9-17(22)12-21(18)11-15-4-2-1-3-14(15)10-20/h1-8,17-18,22H,9,11-12H2. The Labute approximate surface area is 129 Å². The number of halogens is 1. The Morgan fingerprint density at radius 1 is 1.18 bits per heavy atom. The topological polar surface area (TPSA) is 47.3 Å². The fourth-order valence-corrected chi connectivity index (χ4v) is 3.07. The lowest BCUT2D eigenvalue weighted by Gasteiger charge is -2.25. The van der Waals surface area contributed by atoms with E-state index in [-0.39, 0.29) is 11.9 Å². The van der Waals surface area contributed by atoms with Crippen LogP contribution in [0, 0.1) is 17.1 Å². The van der Waals surface area contributed by atoms with Gasteiger partial charge in [-0.2, -0.15) is 5.26 Å². The van der Waals surface area contributed by atoms with E-state index in [4.69, 9.17) is 0 Å². The van der Waals surface area contributed by atoms with Crippen molar-refractivity contribution in [1.82, 2.24) is 4.90 Å². The van der Waals surface area contributed by atoms with Crippen LogP contribution in [0.4, 0.5) is 4.39 Å². The summed E-state index contributed by atoms with van der Waals surface area (Å²) in [6, 6.07) is 16.2. The largest absolute Gasteiger partial charge is 0.392 e. The lowest BCUT2D eigenvalue weighted by atomic mass is 10.0. The summed E-state index contributed by atoms with van der Waals surface area (Å²) in [5, 5.41) is 19.2. The molecule has 0 radical (unpaired) electrons. The van der Waals surface area contributed by atoms with Crippen molar-refractivity contribution in [3.8, 4) is 6.07 Å². The summed E-state index contributed by atoms with van der Waals surface area (Å²) in [5.41, 5.74) is 2.60. The SMILES string of the molecule is N#Cc1ccccc1CN1CC(O)CC1c1ccc(F)cc1. The minimum absolute atomic E-state index is 0.0438. The molecular formula is C18H17FN2O. The third-order valence-corrected chi connectivity index (χ3v) is 4.15. The predicted octanol–water partition coefficient (Wildman–Crippen LogP) is 3.01. The summed E-state index contributed by atoms with van der Waals surface area (Å²) in [7, 11) is 0. The Morgan fingerprint density at radius 3 is 2.64 bits per heavy atom. The molecule has 2 atom stereocenters. The molecule has 1 fully saturated rings. The molecule has 22 heavy (non-hydrogen) atoms. The van der Waals surface area contributed by atoms with Gasteiger partial charge in [0.25, 0.3) is 0 Å². The minimum atomic E-state index is -0.399. The zero-order chi connectivity index (χ0) is 15.5. The van der Waals surface area contributed by atoms with Crippen LogP contribution in [0.3, 0.4) is 0 Å². The molecule has 2 aromatic carbocycles. The number of β-amino-alcohol motifs (C(OH)–C–C–N with tert-alkyl or cyclic N) is 1. The Morgan fingerprint density at radius 2 is 1.91 bits per heavy atom. The van der Waals surface area contributed by atoms with E-state index in [0.29, 0.717) is 25.1 Å². The van der Waals surface area contributed by atoms with Crippen LogP contribution in [0.1, 0.15) is 29.2 Å². The fourth-order valence-electron chi connectivity index (χ4n) is 3.07. The Bertz CT molecular complexity index is 693. The lowest BCUT2D eigenvalue weighted by molar-refractivity contribution is 0.172. The molecule has 3 nitrogen and oxygen atoms in total. The molecule has 0 aromatic heterocycles. The summed E-state index contributed by atoms with van der Waals surface area (Å²) < 4.78 is 13.1. The molecule has 1 heterocycles. The van der Waals surface area contributed by atoms with Crippen LogP contribution in [-0.4, -0.2) is 22.7 Å². The number of rotatable bonds is 3. The van der Waals surface area contributed by atoms with Crippen LogP contribution in [0.15, 0.2) is 48.5 Å². The van der Waals surface area contributed by atoms with Gasteiger partial charge in [-0.25, -0.2) is 4.39 Å². The van der Waals surface area contributed by atoms with Gasteiger partial charge in [0.05, 0.1) is 17.7 Å². The molecule has 0 spiro atoms. The number of aliphatic hydroxyl groups is 1. The first kappa shape index (κ1) is 14.7. The highest BCUT2D eigenvalue weighted by Crippen LogP contribution is 2.33. The van der Waals surface area contributed by atoms with Gasteiger partial charge in [-0.3, -0.25) is 4.90 Å². The molecule has 112 valence electrons. The monoisotopic (exact) mass is 296 g/mol. The molecule has 1 saturated heterocycles. The van der Waals surface area contributed by atoms with Gasteiger partial charge < -0.3 is 5.11 Å². The van der Waals surface area contributed by atoms with E-state index in [0.717, 1.165) is 11.1 Å². The number of nitrogens with zero attached hydrogens (tertiary/aromatic N) is 2. The van der Waals surface area contributed by atoms with E-state index in [1.54, 1.807) is 18.2 Å². The Balaban J connectivity index is 1.85. The summed E-state index contributed by atoms with van der Waals surface area (Å²) in [6.45, 7) is 1.16. The first-order valence-electron chi connectivity index (χ1n) is 7.33. The summed E-state index contributed by atoms with van der Waals surface area (Å²) >= 11 is 0. The maximum atomic E-state index is 13.1. The van der Waals surface area contributed by atoms with Gasteiger partial charge in [0.2, 0.25) is 0 Å². The molecule has 0 bridgehead atoms. The van der Waals surface area contributed by atoms with Crippen LogP contribution in [-0.2, 0) is 6.54 Å². The summed E-state index contributed by atoms with van der Waals surface area (Å²) in [5.74, 6) is -0.260. The van der Waals surface area contributed by atoms with Crippen LogP contribution >= 0.6 is 0 Å². The van der Waals surface area contributed by atoms with E-state index < -0.39 is 6.10 Å². The third kappa shape index (κ3) is 3.01. The highest BCUT2D eigenvalue weighted by Gasteiger charge is 2.32. The first-order chi connectivity index (χ1) is 10.7. The molecular weight excluding hydrogens is 279 g/mol. The van der Waals surface area contributed by atoms with Gasteiger partial charge in [0.15, 0.2) is 0 Å². The summed E-state index contributed by atoms with van der Waals surface area (Å²) in [6.07, 6.45) is 0.227. The van der Waals surface area contributed by atoms with E-state index in [1.807, 2.05) is 18.2 Å². The lowest BCUT2D eigenvalue weighted by Crippen LogP contribution is -2.24. The second-order valence-corrected chi connectivity index (χ2v) is 5.66. The van der Waals surface area contributed by atoms with E-state index in [1.165, 1.54) is 12.1 Å². The minimum Gasteiger partial charge on any atom is -0.392 e. The highest BCUT2D eigenvalue weighted by molar-refractivity contribution is 5.37. The zero-order valence-electron chi connectivity index (χ0n) is 12.1. The van der Waals surface area contributed by atoms with Crippen molar-refractivity contribution in [3.05, 3.63) is 71.0 Å². The molecule has 1 N–H and O–H groups in total. The number of likely N-dealkylation sites (tertiary alicyclic amines) is 1. The maximum Gasteiger partial charge on any atom is 0.123 e. The highest BCUT2D eigenvalue weighted by atomic mass is 19.1. The number of hydrogen-bond acceptors (Lipinski definition) is 3. The Hall–Kier alpha value is -2.22. The first-order valence-corrected chi connectivity index (χ1v) is 7.33. The van der Waals surface area contributed by atoms with Crippen molar-refractivity contribution >= 4 is 0 Å². The smallest absolute Gasteiger partial charge is 0.123 e. The zero-order valence-corrected chi connectivity index (χ0v) is 12.1. The van der Waals surface area contributed by atoms with Crippen LogP contribution < -0.4 is 0 Å². The molecule has 0 amide bonds. The number of benzene rings is 2. The van der Waals surface area contributed by atoms with Crippen molar-refractivity contribution in [1.29, 1.82) is 5.26 Å². The average Bonchev–Trinajstić information content (AvgIpc) is 2.89. The van der Waals surface area contributed by atoms with Gasteiger partial charge in [-0.05, 0) is 35.7 Å².